The van der Waals surface area contributed by atoms with E-state index in [2.05, 4.69) is 5.32 Å². The summed E-state index contributed by atoms with van der Waals surface area (Å²) in [6, 6.07) is 5.99. The summed E-state index contributed by atoms with van der Waals surface area (Å²) in [4.78, 5) is 11.4. The lowest BCUT2D eigenvalue weighted by Gasteiger charge is -2.06. The van der Waals surface area contributed by atoms with Crippen LogP contribution in [0, 0.1) is 13.8 Å². The number of aryl methyl sites for hydroxylation is 2. The van der Waals surface area contributed by atoms with Crippen LogP contribution >= 0.6 is 0 Å². The van der Waals surface area contributed by atoms with Crippen molar-refractivity contribution in [3.8, 4) is 0 Å². The molecule has 0 radical (unpaired) electrons. The highest BCUT2D eigenvalue weighted by atomic mass is 16.3. The van der Waals surface area contributed by atoms with Gasteiger partial charge < -0.3 is 15.5 Å². The van der Waals surface area contributed by atoms with Gasteiger partial charge in [0.1, 0.15) is 0 Å². The fourth-order valence-corrected chi connectivity index (χ4v) is 1.52. The molecule has 4 heteroatoms. The van der Waals surface area contributed by atoms with Gasteiger partial charge >= 0.3 is 0 Å². The van der Waals surface area contributed by atoms with Crippen molar-refractivity contribution < 1.29 is 15.0 Å². The summed E-state index contributed by atoms with van der Waals surface area (Å²) in [5.74, 6) is -0.289. The van der Waals surface area contributed by atoms with E-state index in [0.717, 1.165) is 11.1 Å². The highest BCUT2D eigenvalue weighted by Gasteiger charge is 2.03. The maximum Gasteiger partial charge on any atom is 0.244 e. The Morgan fingerprint density at radius 3 is 2.78 bits per heavy atom. The number of benzene rings is 1. The SMILES string of the molecule is Cc1ccc(C=CC(=O)NCC(O)CO)c(C)c1. The molecule has 0 heterocycles. The molecule has 18 heavy (non-hydrogen) atoms. The summed E-state index contributed by atoms with van der Waals surface area (Å²) in [7, 11) is 0. The molecule has 1 unspecified atom stereocenters. The van der Waals surface area contributed by atoms with Crippen LogP contribution in [0.15, 0.2) is 24.3 Å². The van der Waals surface area contributed by atoms with Crippen LogP contribution in [0.3, 0.4) is 0 Å². The van der Waals surface area contributed by atoms with Gasteiger partial charge in [0.15, 0.2) is 0 Å². The van der Waals surface area contributed by atoms with E-state index in [1.54, 1.807) is 6.08 Å². The molecule has 1 aromatic carbocycles. The average molecular weight is 249 g/mol. The van der Waals surface area contributed by atoms with E-state index in [1.807, 2.05) is 32.0 Å². The largest absolute Gasteiger partial charge is 0.394 e. The molecular formula is C14H19NO3. The van der Waals surface area contributed by atoms with Gasteiger partial charge in [-0.3, -0.25) is 4.79 Å². The van der Waals surface area contributed by atoms with Gasteiger partial charge in [0.2, 0.25) is 5.91 Å². The summed E-state index contributed by atoms with van der Waals surface area (Å²) in [6.45, 7) is 3.69. The molecule has 0 aliphatic heterocycles. The quantitative estimate of drug-likeness (QED) is 0.676. The molecule has 1 amide bonds. The van der Waals surface area contributed by atoms with E-state index in [-0.39, 0.29) is 19.1 Å². The third-order valence-corrected chi connectivity index (χ3v) is 2.56. The van der Waals surface area contributed by atoms with Gasteiger partial charge in [0, 0.05) is 12.6 Å². The Kier molecular flexibility index (Phi) is 5.55. The minimum atomic E-state index is -0.913. The Hall–Kier alpha value is -1.65. The second-order valence-corrected chi connectivity index (χ2v) is 4.27. The van der Waals surface area contributed by atoms with Crippen LogP contribution in [-0.2, 0) is 4.79 Å². The molecule has 1 rings (SSSR count). The van der Waals surface area contributed by atoms with Crippen molar-refractivity contribution in [2.75, 3.05) is 13.2 Å². The Morgan fingerprint density at radius 2 is 2.17 bits per heavy atom. The maximum absolute atomic E-state index is 11.4. The van der Waals surface area contributed by atoms with Crippen LogP contribution in [0.5, 0.6) is 0 Å². The van der Waals surface area contributed by atoms with E-state index in [0.29, 0.717) is 0 Å². The lowest BCUT2D eigenvalue weighted by Crippen LogP contribution is -2.32. The molecule has 3 N–H and O–H groups in total. The third kappa shape index (κ3) is 4.69. The van der Waals surface area contributed by atoms with Crippen molar-refractivity contribution >= 4 is 12.0 Å². The topological polar surface area (TPSA) is 69.6 Å². The first-order chi connectivity index (χ1) is 8.52. The lowest BCUT2D eigenvalue weighted by molar-refractivity contribution is -0.117. The van der Waals surface area contributed by atoms with Crippen molar-refractivity contribution in [3.63, 3.8) is 0 Å². The average Bonchev–Trinajstić information content (AvgIpc) is 2.34. The number of rotatable bonds is 5. The molecule has 0 aliphatic rings. The van der Waals surface area contributed by atoms with Crippen LogP contribution in [0.2, 0.25) is 0 Å². The first kappa shape index (κ1) is 14.4. The van der Waals surface area contributed by atoms with Crippen LogP contribution in [0.25, 0.3) is 6.08 Å². The zero-order valence-electron chi connectivity index (χ0n) is 10.7. The zero-order valence-corrected chi connectivity index (χ0v) is 10.7. The normalized spacial score (nSPS) is 12.7. The smallest absolute Gasteiger partial charge is 0.244 e. The molecular weight excluding hydrogens is 230 g/mol. The third-order valence-electron chi connectivity index (χ3n) is 2.56. The Balaban J connectivity index is 2.55. The van der Waals surface area contributed by atoms with E-state index in [9.17, 15) is 4.79 Å². The molecule has 0 fully saturated rings. The molecule has 4 nitrogen and oxygen atoms in total. The molecule has 0 aromatic heterocycles. The highest BCUT2D eigenvalue weighted by molar-refractivity contribution is 5.91. The number of nitrogens with one attached hydrogen (secondary N) is 1. The van der Waals surface area contributed by atoms with Crippen LogP contribution in [0.1, 0.15) is 16.7 Å². The van der Waals surface area contributed by atoms with Gasteiger partial charge in [-0.05, 0) is 31.1 Å². The van der Waals surface area contributed by atoms with Gasteiger partial charge in [-0.1, -0.05) is 23.8 Å². The predicted octanol–water partition coefficient (Wildman–Crippen LogP) is 0.786. The monoisotopic (exact) mass is 249 g/mol. The molecule has 0 spiro atoms. The number of hydrogen-bond acceptors (Lipinski definition) is 3. The van der Waals surface area contributed by atoms with Crippen molar-refractivity contribution in [2.24, 2.45) is 0 Å². The molecule has 1 aromatic rings. The van der Waals surface area contributed by atoms with E-state index >= 15 is 0 Å². The summed E-state index contributed by atoms with van der Waals surface area (Å²) in [6.07, 6.45) is 2.24. The van der Waals surface area contributed by atoms with Crippen molar-refractivity contribution in [3.05, 3.63) is 41.0 Å². The van der Waals surface area contributed by atoms with Crippen LogP contribution < -0.4 is 5.32 Å². The van der Waals surface area contributed by atoms with E-state index in [1.165, 1.54) is 11.6 Å². The molecule has 0 bridgehead atoms. The Bertz CT molecular complexity index is 441. The van der Waals surface area contributed by atoms with Crippen LogP contribution in [0.4, 0.5) is 0 Å². The number of aliphatic hydroxyl groups excluding tert-OH is 2. The summed E-state index contributed by atoms with van der Waals surface area (Å²) in [5, 5.41) is 20.2. The Morgan fingerprint density at radius 1 is 1.44 bits per heavy atom. The Labute approximate surface area is 107 Å². The standard InChI is InChI=1S/C14H19NO3/c1-10-3-4-12(11(2)7-10)5-6-14(18)15-8-13(17)9-16/h3-7,13,16-17H,8-9H2,1-2H3,(H,15,18). The van der Waals surface area contributed by atoms with Crippen LogP contribution in [-0.4, -0.2) is 35.4 Å². The van der Waals surface area contributed by atoms with E-state index in [4.69, 9.17) is 10.2 Å². The molecule has 0 aliphatic carbocycles. The predicted molar refractivity (Wildman–Crippen MR) is 71.1 cm³/mol. The number of hydrogen-bond donors (Lipinski definition) is 3. The van der Waals surface area contributed by atoms with Gasteiger partial charge in [-0.25, -0.2) is 0 Å². The fraction of sp³-hybridized carbons (Fsp3) is 0.357. The minimum Gasteiger partial charge on any atom is -0.394 e. The highest BCUT2D eigenvalue weighted by Crippen LogP contribution is 2.11. The van der Waals surface area contributed by atoms with Crippen molar-refractivity contribution in [1.82, 2.24) is 5.32 Å². The van der Waals surface area contributed by atoms with E-state index < -0.39 is 6.10 Å². The first-order valence-electron chi connectivity index (χ1n) is 5.85. The molecule has 0 saturated heterocycles. The zero-order chi connectivity index (χ0) is 13.5. The summed E-state index contributed by atoms with van der Waals surface area (Å²) < 4.78 is 0. The molecule has 98 valence electrons. The second kappa shape index (κ2) is 6.93. The number of aliphatic hydroxyl groups is 2. The maximum atomic E-state index is 11.4. The molecule has 0 saturated carbocycles. The fourth-order valence-electron chi connectivity index (χ4n) is 1.52. The number of amides is 1. The first-order valence-corrected chi connectivity index (χ1v) is 5.85. The minimum absolute atomic E-state index is 0.0482. The summed E-state index contributed by atoms with van der Waals surface area (Å²) in [5.41, 5.74) is 3.27. The van der Waals surface area contributed by atoms with Crippen molar-refractivity contribution in [2.45, 2.75) is 20.0 Å². The molecule has 1 atom stereocenters. The van der Waals surface area contributed by atoms with Gasteiger partial charge in [0.25, 0.3) is 0 Å². The van der Waals surface area contributed by atoms with Gasteiger partial charge in [-0.2, -0.15) is 0 Å². The lowest BCUT2D eigenvalue weighted by atomic mass is 10.1. The summed E-state index contributed by atoms with van der Waals surface area (Å²) >= 11 is 0. The van der Waals surface area contributed by atoms with Gasteiger partial charge in [-0.15, -0.1) is 0 Å². The number of carbonyl (C=O) groups excluding carboxylic acids is 1. The van der Waals surface area contributed by atoms with Gasteiger partial charge in [0.05, 0.1) is 12.7 Å². The second-order valence-electron chi connectivity index (χ2n) is 4.27. The van der Waals surface area contributed by atoms with Crippen molar-refractivity contribution in [1.29, 1.82) is 0 Å². The number of carbonyl (C=O) groups is 1.